The first-order chi connectivity index (χ1) is 10.1. The molecule has 106 valence electrons. The van der Waals surface area contributed by atoms with Gasteiger partial charge >= 0.3 is 5.97 Å². The second-order valence-electron chi connectivity index (χ2n) is 4.56. The number of thiophene rings is 1. The van der Waals surface area contributed by atoms with Crippen LogP contribution in [0.1, 0.15) is 16.1 Å². The van der Waals surface area contributed by atoms with Crippen LogP contribution in [0.3, 0.4) is 0 Å². The number of ether oxygens (including phenoxy) is 1. The summed E-state index contributed by atoms with van der Waals surface area (Å²) in [6, 6.07) is 9.06. The van der Waals surface area contributed by atoms with Crippen LogP contribution in [0.5, 0.6) is 0 Å². The highest BCUT2D eigenvalue weighted by Crippen LogP contribution is 2.22. The van der Waals surface area contributed by atoms with E-state index in [9.17, 15) is 9.59 Å². The van der Waals surface area contributed by atoms with Crippen LogP contribution in [0, 0.1) is 6.92 Å². The van der Waals surface area contributed by atoms with Gasteiger partial charge in [-0.15, -0.1) is 11.3 Å². The Morgan fingerprint density at radius 2 is 1.95 bits per heavy atom. The van der Waals surface area contributed by atoms with E-state index in [-0.39, 0.29) is 11.3 Å². The Kier molecular flexibility index (Phi) is 3.31. The molecule has 2 heterocycles. The number of fused-ring (bicyclic) bond motifs is 1. The average molecular weight is 300 g/mol. The molecule has 0 aliphatic carbocycles. The molecule has 3 aromatic rings. The summed E-state index contributed by atoms with van der Waals surface area (Å²) in [7, 11) is 1.30. The van der Waals surface area contributed by atoms with E-state index in [2.05, 4.69) is 5.10 Å². The van der Waals surface area contributed by atoms with E-state index in [0.29, 0.717) is 15.8 Å². The van der Waals surface area contributed by atoms with Crippen molar-refractivity contribution in [2.24, 2.45) is 0 Å². The fourth-order valence-electron chi connectivity index (χ4n) is 2.06. The summed E-state index contributed by atoms with van der Waals surface area (Å²) in [4.78, 5) is 24.4. The van der Waals surface area contributed by atoms with E-state index in [0.717, 1.165) is 5.56 Å². The van der Waals surface area contributed by atoms with E-state index in [1.807, 2.05) is 19.1 Å². The topological polar surface area (TPSA) is 61.2 Å². The first kappa shape index (κ1) is 13.5. The molecule has 0 amide bonds. The highest BCUT2D eigenvalue weighted by atomic mass is 32.1. The zero-order chi connectivity index (χ0) is 15.0. The van der Waals surface area contributed by atoms with E-state index in [1.54, 1.807) is 23.6 Å². The molecule has 0 spiro atoms. The summed E-state index contributed by atoms with van der Waals surface area (Å²) in [5, 5.41) is 6.42. The quantitative estimate of drug-likeness (QED) is 0.682. The predicted octanol–water partition coefficient (Wildman–Crippen LogP) is 2.54. The molecule has 6 heteroatoms. The summed E-state index contributed by atoms with van der Waals surface area (Å²) in [6.07, 6.45) is 0. The van der Waals surface area contributed by atoms with Crippen molar-refractivity contribution >= 4 is 27.4 Å². The van der Waals surface area contributed by atoms with E-state index in [1.165, 1.54) is 23.1 Å². The van der Waals surface area contributed by atoms with Crippen molar-refractivity contribution in [3.63, 3.8) is 0 Å². The van der Waals surface area contributed by atoms with Crippen LogP contribution < -0.4 is 5.56 Å². The number of nitrogens with zero attached hydrogens (tertiary/aromatic N) is 2. The van der Waals surface area contributed by atoms with Gasteiger partial charge in [0.1, 0.15) is 0 Å². The standard InChI is InChI=1S/C15H12N2O3S/c1-9-3-5-10(6-4-9)17-14(18)11-7-8-21-13(11)12(16-17)15(19)20-2/h3-8H,1-2H3. The molecule has 5 nitrogen and oxygen atoms in total. The molecular formula is C15H12N2O3S. The summed E-state index contributed by atoms with van der Waals surface area (Å²) in [5.41, 5.74) is 1.60. The van der Waals surface area contributed by atoms with Crippen molar-refractivity contribution in [3.05, 3.63) is 57.3 Å². The Morgan fingerprint density at radius 3 is 2.62 bits per heavy atom. The molecule has 0 atom stereocenters. The number of carbonyl (C=O) groups excluding carboxylic acids is 1. The van der Waals surface area contributed by atoms with Gasteiger partial charge in [0, 0.05) is 0 Å². The van der Waals surface area contributed by atoms with Gasteiger partial charge in [-0.2, -0.15) is 9.78 Å². The van der Waals surface area contributed by atoms with Crippen LogP contribution in [0.25, 0.3) is 15.8 Å². The van der Waals surface area contributed by atoms with Crippen molar-refractivity contribution in [2.45, 2.75) is 6.92 Å². The van der Waals surface area contributed by atoms with Gasteiger partial charge < -0.3 is 4.74 Å². The van der Waals surface area contributed by atoms with Crippen LogP contribution in [0.4, 0.5) is 0 Å². The van der Waals surface area contributed by atoms with Gasteiger partial charge in [-0.05, 0) is 30.5 Å². The molecule has 0 aliphatic heterocycles. The lowest BCUT2D eigenvalue weighted by molar-refractivity contribution is 0.0594. The third-order valence-electron chi connectivity index (χ3n) is 3.16. The summed E-state index contributed by atoms with van der Waals surface area (Å²) < 4.78 is 6.54. The maximum Gasteiger partial charge on any atom is 0.360 e. The van der Waals surface area contributed by atoms with E-state index in [4.69, 9.17) is 4.74 Å². The summed E-state index contributed by atoms with van der Waals surface area (Å²) in [5.74, 6) is -0.552. The third-order valence-corrected chi connectivity index (χ3v) is 4.08. The zero-order valence-electron chi connectivity index (χ0n) is 11.5. The number of esters is 1. The van der Waals surface area contributed by atoms with Crippen molar-refractivity contribution < 1.29 is 9.53 Å². The van der Waals surface area contributed by atoms with Crippen LogP contribution in [-0.4, -0.2) is 22.9 Å². The normalized spacial score (nSPS) is 10.8. The SMILES string of the molecule is COC(=O)c1nn(-c2ccc(C)cc2)c(=O)c2ccsc12. The van der Waals surface area contributed by atoms with Crippen LogP contribution in [0.2, 0.25) is 0 Å². The largest absolute Gasteiger partial charge is 0.464 e. The van der Waals surface area contributed by atoms with E-state index < -0.39 is 5.97 Å². The van der Waals surface area contributed by atoms with Crippen LogP contribution in [-0.2, 0) is 4.74 Å². The smallest absolute Gasteiger partial charge is 0.360 e. The number of hydrogen-bond donors (Lipinski definition) is 0. The number of aryl methyl sites for hydroxylation is 1. The number of benzene rings is 1. The number of methoxy groups -OCH3 is 1. The lowest BCUT2D eigenvalue weighted by Gasteiger charge is -2.08. The Bertz CT molecular complexity index is 878. The number of carbonyl (C=O) groups is 1. The lowest BCUT2D eigenvalue weighted by Crippen LogP contribution is -2.24. The minimum atomic E-state index is -0.552. The highest BCUT2D eigenvalue weighted by Gasteiger charge is 2.18. The molecule has 0 radical (unpaired) electrons. The molecule has 21 heavy (non-hydrogen) atoms. The maximum atomic E-state index is 12.5. The van der Waals surface area contributed by atoms with Gasteiger partial charge in [-0.25, -0.2) is 4.79 Å². The van der Waals surface area contributed by atoms with Crippen molar-refractivity contribution in [3.8, 4) is 5.69 Å². The van der Waals surface area contributed by atoms with E-state index >= 15 is 0 Å². The molecule has 0 aliphatic rings. The highest BCUT2D eigenvalue weighted by molar-refractivity contribution is 7.17. The Hall–Kier alpha value is -2.47. The Labute approximate surface area is 124 Å². The molecule has 0 N–H and O–H groups in total. The maximum absolute atomic E-state index is 12.5. The third kappa shape index (κ3) is 2.23. The summed E-state index contributed by atoms with van der Waals surface area (Å²) in [6.45, 7) is 1.96. The van der Waals surface area contributed by atoms with Gasteiger partial charge in [-0.3, -0.25) is 4.79 Å². The molecule has 2 aromatic heterocycles. The monoisotopic (exact) mass is 300 g/mol. The second-order valence-corrected chi connectivity index (χ2v) is 5.47. The molecule has 3 rings (SSSR count). The van der Waals surface area contributed by atoms with Crippen LogP contribution >= 0.6 is 11.3 Å². The second kappa shape index (κ2) is 5.14. The molecule has 0 saturated heterocycles. The average Bonchev–Trinajstić information content (AvgIpc) is 2.98. The fourth-order valence-corrected chi connectivity index (χ4v) is 2.92. The van der Waals surface area contributed by atoms with Gasteiger partial charge in [0.25, 0.3) is 5.56 Å². The Balaban J connectivity index is 2.32. The van der Waals surface area contributed by atoms with Crippen molar-refractivity contribution in [2.75, 3.05) is 7.11 Å². The predicted molar refractivity (Wildman–Crippen MR) is 81.3 cm³/mol. The molecular weight excluding hydrogens is 288 g/mol. The Morgan fingerprint density at radius 1 is 1.24 bits per heavy atom. The first-order valence-electron chi connectivity index (χ1n) is 6.27. The first-order valence-corrected chi connectivity index (χ1v) is 7.15. The number of rotatable bonds is 2. The molecule has 0 saturated carbocycles. The molecule has 0 bridgehead atoms. The minimum Gasteiger partial charge on any atom is -0.464 e. The van der Waals surface area contributed by atoms with Gasteiger partial charge in [-0.1, -0.05) is 17.7 Å². The molecule has 0 unspecified atom stereocenters. The minimum absolute atomic E-state index is 0.155. The summed E-state index contributed by atoms with van der Waals surface area (Å²) >= 11 is 1.30. The van der Waals surface area contributed by atoms with Crippen molar-refractivity contribution in [1.82, 2.24) is 9.78 Å². The fraction of sp³-hybridized carbons (Fsp3) is 0.133. The lowest BCUT2D eigenvalue weighted by atomic mass is 10.2. The molecule has 1 aromatic carbocycles. The number of hydrogen-bond acceptors (Lipinski definition) is 5. The van der Waals surface area contributed by atoms with Gasteiger partial charge in [0.05, 0.1) is 22.9 Å². The zero-order valence-corrected chi connectivity index (χ0v) is 12.3. The van der Waals surface area contributed by atoms with Gasteiger partial charge in [0.15, 0.2) is 5.69 Å². The number of aromatic nitrogens is 2. The van der Waals surface area contributed by atoms with Gasteiger partial charge in [0.2, 0.25) is 0 Å². The van der Waals surface area contributed by atoms with Crippen molar-refractivity contribution in [1.29, 1.82) is 0 Å². The van der Waals surface area contributed by atoms with Crippen LogP contribution in [0.15, 0.2) is 40.5 Å². The molecule has 0 fully saturated rings.